The van der Waals surface area contributed by atoms with E-state index in [-0.39, 0.29) is 38.6 Å². The van der Waals surface area contributed by atoms with Crippen molar-refractivity contribution in [1.29, 1.82) is 0 Å². The van der Waals surface area contributed by atoms with Gasteiger partial charge in [0.1, 0.15) is 19.3 Å². The SMILES string of the molecule is COCO[C@@]1(Cc2cc(OC3CCCCCC3)ccn2)C(=O)N(COC)[C@H]1CO. The van der Waals surface area contributed by atoms with Gasteiger partial charge >= 0.3 is 0 Å². The summed E-state index contributed by atoms with van der Waals surface area (Å²) in [6.45, 7) is -0.196. The summed E-state index contributed by atoms with van der Waals surface area (Å²) in [5, 5.41) is 9.90. The van der Waals surface area contributed by atoms with Gasteiger partial charge in [-0.25, -0.2) is 0 Å². The summed E-state index contributed by atoms with van der Waals surface area (Å²) < 4.78 is 22.1. The molecule has 2 atom stereocenters. The van der Waals surface area contributed by atoms with Crippen LogP contribution in [0.15, 0.2) is 18.3 Å². The van der Waals surface area contributed by atoms with Crippen LogP contribution in [0.1, 0.15) is 44.2 Å². The molecule has 1 aliphatic heterocycles. The van der Waals surface area contributed by atoms with Crippen LogP contribution >= 0.6 is 0 Å². The molecule has 1 N–H and O–H groups in total. The Morgan fingerprint density at radius 2 is 1.97 bits per heavy atom. The Labute approximate surface area is 172 Å². The molecule has 3 rings (SSSR count). The van der Waals surface area contributed by atoms with Crippen LogP contribution < -0.4 is 4.74 Å². The average Bonchev–Trinajstić information content (AvgIpc) is 3.00. The molecule has 0 aromatic carbocycles. The highest BCUT2D eigenvalue weighted by Gasteiger charge is 2.62. The molecular formula is C21H32N2O6. The lowest BCUT2D eigenvalue weighted by atomic mass is 9.79. The molecule has 1 aromatic rings. The van der Waals surface area contributed by atoms with Crippen LogP contribution in [0.4, 0.5) is 0 Å². The van der Waals surface area contributed by atoms with Crippen molar-refractivity contribution in [3.8, 4) is 5.75 Å². The molecule has 1 aromatic heterocycles. The molecule has 8 heteroatoms. The lowest BCUT2D eigenvalue weighted by molar-refractivity contribution is -0.237. The summed E-state index contributed by atoms with van der Waals surface area (Å²) >= 11 is 0. The van der Waals surface area contributed by atoms with E-state index in [2.05, 4.69) is 4.98 Å². The first kappa shape index (κ1) is 22.0. The molecule has 2 aliphatic rings. The molecule has 0 spiro atoms. The maximum absolute atomic E-state index is 12.9. The fourth-order valence-corrected chi connectivity index (χ4v) is 4.26. The van der Waals surface area contributed by atoms with Gasteiger partial charge in [0, 0.05) is 38.6 Å². The number of aromatic nitrogens is 1. The second-order valence-electron chi connectivity index (χ2n) is 7.72. The molecule has 2 fully saturated rings. The molecule has 2 heterocycles. The number of nitrogens with zero attached hydrogens (tertiary/aromatic N) is 2. The summed E-state index contributed by atoms with van der Waals surface area (Å²) in [6, 6.07) is 3.18. The minimum atomic E-state index is -1.22. The van der Waals surface area contributed by atoms with Gasteiger partial charge in [-0.05, 0) is 31.7 Å². The molecule has 1 saturated heterocycles. The van der Waals surface area contributed by atoms with Crippen LogP contribution in [0, 0.1) is 0 Å². The third-order valence-electron chi connectivity index (χ3n) is 5.75. The van der Waals surface area contributed by atoms with Gasteiger partial charge in [0.25, 0.3) is 5.91 Å². The highest BCUT2D eigenvalue weighted by atomic mass is 16.7. The smallest absolute Gasteiger partial charge is 0.259 e. The predicted octanol–water partition coefficient (Wildman–Crippen LogP) is 1.89. The average molecular weight is 408 g/mol. The fourth-order valence-electron chi connectivity index (χ4n) is 4.26. The van der Waals surface area contributed by atoms with E-state index in [0.29, 0.717) is 5.69 Å². The van der Waals surface area contributed by atoms with Gasteiger partial charge < -0.3 is 29.0 Å². The van der Waals surface area contributed by atoms with E-state index >= 15 is 0 Å². The Hall–Kier alpha value is -1.74. The zero-order valence-electron chi connectivity index (χ0n) is 17.3. The predicted molar refractivity (Wildman–Crippen MR) is 105 cm³/mol. The van der Waals surface area contributed by atoms with Crippen LogP contribution in [0.2, 0.25) is 0 Å². The Morgan fingerprint density at radius 1 is 1.21 bits per heavy atom. The zero-order chi connectivity index (χ0) is 20.7. The van der Waals surface area contributed by atoms with Crippen molar-refractivity contribution in [2.45, 2.75) is 62.7 Å². The van der Waals surface area contributed by atoms with E-state index in [0.717, 1.165) is 18.6 Å². The lowest BCUT2D eigenvalue weighted by Crippen LogP contribution is -2.77. The van der Waals surface area contributed by atoms with Gasteiger partial charge in [0.2, 0.25) is 0 Å². The van der Waals surface area contributed by atoms with Gasteiger partial charge in [0.15, 0.2) is 5.60 Å². The summed E-state index contributed by atoms with van der Waals surface area (Å²) in [5.74, 6) is 0.511. The van der Waals surface area contributed by atoms with Crippen molar-refractivity contribution < 1.29 is 28.8 Å². The molecule has 1 amide bonds. The zero-order valence-corrected chi connectivity index (χ0v) is 17.3. The Balaban J connectivity index is 1.75. The number of hydrogen-bond acceptors (Lipinski definition) is 7. The minimum absolute atomic E-state index is 0.0542. The number of pyridine rings is 1. The van der Waals surface area contributed by atoms with Crippen molar-refractivity contribution in [3.05, 3.63) is 24.0 Å². The summed E-state index contributed by atoms with van der Waals surface area (Å²) in [6.07, 6.45) is 9.19. The molecule has 162 valence electrons. The first-order valence-electron chi connectivity index (χ1n) is 10.3. The monoisotopic (exact) mass is 408 g/mol. The number of likely N-dealkylation sites (tertiary alicyclic amines) is 1. The van der Waals surface area contributed by atoms with Crippen LogP contribution in [0.5, 0.6) is 5.75 Å². The summed E-state index contributed by atoms with van der Waals surface area (Å²) in [7, 11) is 3.00. The number of rotatable bonds is 10. The molecule has 1 saturated carbocycles. The highest BCUT2D eigenvalue weighted by Crippen LogP contribution is 2.37. The normalized spacial score (nSPS) is 25.6. The molecule has 0 radical (unpaired) electrons. The molecular weight excluding hydrogens is 376 g/mol. The number of methoxy groups -OCH3 is 2. The van der Waals surface area contributed by atoms with Gasteiger partial charge in [0.05, 0.1) is 18.8 Å². The van der Waals surface area contributed by atoms with Crippen molar-refractivity contribution in [2.24, 2.45) is 0 Å². The van der Waals surface area contributed by atoms with E-state index in [1.807, 2.05) is 12.1 Å². The van der Waals surface area contributed by atoms with E-state index in [1.54, 1.807) is 6.20 Å². The van der Waals surface area contributed by atoms with E-state index in [9.17, 15) is 9.90 Å². The van der Waals surface area contributed by atoms with Crippen LogP contribution in [-0.4, -0.2) is 73.0 Å². The quantitative estimate of drug-likeness (QED) is 0.359. The Morgan fingerprint density at radius 3 is 2.62 bits per heavy atom. The third kappa shape index (κ3) is 4.88. The number of amides is 1. The van der Waals surface area contributed by atoms with E-state index in [4.69, 9.17) is 18.9 Å². The van der Waals surface area contributed by atoms with Gasteiger partial charge in [-0.3, -0.25) is 9.78 Å². The number of ether oxygens (including phenoxy) is 4. The van der Waals surface area contributed by atoms with Crippen molar-refractivity contribution >= 4 is 5.91 Å². The molecule has 0 unspecified atom stereocenters. The second-order valence-corrected chi connectivity index (χ2v) is 7.72. The maximum atomic E-state index is 12.9. The maximum Gasteiger partial charge on any atom is 0.259 e. The van der Waals surface area contributed by atoms with Gasteiger partial charge in [-0.1, -0.05) is 12.8 Å². The fraction of sp³-hybridized carbons (Fsp3) is 0.714. The molecule has 29 heavy (non-hydrogen) atoms. The third-order valence-corrected chi connectivity index (χ3v) is 5.75. The number of aliphatic hydroxyl groups excluding tert-OH is 1. The topological polar surface area (TPSA) is 90.4 Å². The van der Waals surface area contributed by atoms with E-state index < -0.39 is 11.6 Å². The minimum Gasteiger partial charge on any atom is -0.490 e. The number of β-lactam (4-membered cyclic amide) rings is 1. The van der Waals surface area contributed by atoms with Gasteiger partial charge in [-0.2, -0.15) is 0 Å². The van der Waals surface area contributed by atoms with Crippen LogP contribution in [0.3, 0.4) is 0 Å². The number of hydrogen-bond donors (Lipinski definition) is 1. The number of aliphatic hydroxyl groups is 1. The Kier molecular flexibility index (Phi) is 7.83. The van der Waals surface area contributed by atoms with Crippen LogP contribution in [0.25, 0.3) is 0 Å². The summed E-state index contributed by atoms with van der Waals surface area (Å²) in [4.78, 5) is 18.8. The molecule has 8 nitrogen and oxygen atoms in total. The second kappa shape index (κ2) is 10.3. The first-order valence-corrected chi connectivity index (χ1v) is 10.3. The van der Waals surface area contributed by atoms with Crippen molar-refractivity contribution in [3.63, 3.8) is 0 Å². The molecule has 1 aliphatic carbocycles. The molecule has 0 bridgehead atoms. The Bertz CT molecular complexity index is 664. The van der Waals surface area contributed by atoms with Crippen molar-refractivity contribution in [2.75, 3.05) is 34.4 Å². The van der Waals surface area contributed by atoms with Gasteiger partial charge in [-0.15, -0.1) is 0 Å². The standard InChI is InChI=1S/C21H32N2O6/c1-26-14-23-19(13-24)21(20(23)25,28-15-27-2)12-16-11-18(9-10-22-16)29-17-7-5-3-4-6-8-17/h9-11,17,19,24H,3-8,12-15H2,1-2H3/t19-,21+/m0/s1. The van der Waals surface area contributed by atoms with Crippen LogP contribution in [-0.2, 0) is 25.4 Å². The first-order chi connectivity index (χ1) is 14.1. The number of carbonyl (C=O) groups excluding carboxylic acids is 1. The largest absolute Gasteiger partial charge is 0.490 e. The highest BCUT2D eigenvalue weighted by molar-refractivity contribution is 5.93. The van der Waals surface area contributed by atoms with E-state index in [1.165, 1.54) is 44.8 Å². The summed E-state index contributed by atoms with van der Waals surface area (Å²) in [5.41, 5.74) is -0.548. The lowest BCUT2D eigenvalue weighted by Gasteiger charge is -2.54. The number of carbonyl (C=O) groups is 1. The van der Waals surface area contributed by atoms with Crippen molar-refractivity contribution in [1.82, 2.24) is 9.88 Å².